The Balaban J connectivity index is 2.20. The highest BCUT2D eigenvalue weighted by Crippen LogP contribution is 2.33. The maximum absolute atomic E-state index is 15.2. The van der Waals surface area contributed by atoms with Crippen molar-refractivity contribution >= 4 is 54.4 Å². The number of H-pyrrole nitrogens is 1. The average molecular weight is 475 g/mol. The van der Waals surface area contributed by atoms with E-state index in [-0.39, 0.29) is 22.6 Å². The number of carbonyl (C=O) groups excluding carboxylic acids is 1. The van der Waals surface area contributed by atoms with Crippen LogP contribution in [0, 0.1) is 5.82 Å². The molecule has 6 nitrogen and oxygen atoms in total. The van der Waals surface area contributed by atoms with Crippen LogP contribution in [0.4, 0.5) is 4.39 Å². The lowest BCUT2D eigenvalue weighted by molar-refractivity contribution is 0.103. The largest absolute Gasteiger partial charge is 0.345 e. The van der Waals surface area contributed by atoms with Gasteiger partial charge >= 0.3 is 0 Å². The third-order valence-electron chi connectivity index (χ3n) is 4.20. The molecule has 0 aliphatic carbocycles. The van der Waals surface area contributed by atoms with Crippen molar-refractivity contribution in [3.8, 4) is 0 Å². The van der Waals surface area contributed by atoms with Crippen LogP contribution >= 0.6 is 27.5 Å². The van der Waals surface area contributed by atoms with E-state index < -0.39 is 32.4 Å². The number of nitrogens with two attached hydrogens (primary N) is 1. The van der Waals surface area contributed by atoms with E-state index in [0.717, 1.165) is 0 Å². The normalized spacial score (nSPS) is 13.1. The van der Waals surface area contributed by atoms with Gasteiger partial charge in [-0.15, -0.1) is 0 Å². The van der Waals surface area contributed by atoms with Crippen LogP contribution in [0.5, 0.6) is 0 Å². The van der Waals surface area contributed by atoms with Crippen LogP contribution in [-0.2, 0) is 10.0 Å². The number of pyridine rings is 1. The van der Waals surface area contributed by atoms with E-state index >= 15 is 4.39 Å². The molecule has 1 unspecified atom stereocenters. The first-order valence-corrected chi connectivity index (χ1v) is 10.6. The molecule has 0 aliphatic rings. The van der Waals surface area contributed by atoms with Crippen LogP contribution < -0.4 is 5.14 Å². The second-order valence-electron chi connectivity index (χ2n) is 5.89. The molecule has 3 N–H and O–H groups in total. The highest BCUT2D eigenvalue weighted by atomic mass is 79.9. The molecule has 3 rings (SSSR count). The SMILES string of the molecule is CCC(c1ccc(Cl)c(C(=O)c2c[nH]c3ncc(Br)cc23)c1F)S(N)(=O)=O. The van der Waals surface area contributed by atoms with Crippen molar-refractivity contribution in [2.24, 2.45) is 5.14 Å². The van der Waals surface area contributed by atoms with Crippen molar-refractivity contribution in [1.29, 1.82) is 0 Å². The smallest absolute Gasteiger partial charge is 0.216 e. The lowest BCUT2D eigenvalue weighted by Crippen LogP contribution is -2.23. The standard InChI is InChI=1S/C17H14BrClFN3O3S/c1-2-13(27(21,25)26)9-3-4-12(19)14(15(9)20)16(24)11-7-23-17-10(11)5-8(18)6-22-17/h3-7,13H,2H2,1H3,(H,22,23)(H2,21,25,26). The van der Waals surface area contributed by atoms with Crippen LogP contribution in [0.1, 0.15) is 40.1 Å². The molecule has 0 saturated carbocycles. The molecule has 0 amide bonds. The number of aromatic amines is 1. The Labute approximate surface area is 168 Å². The highest BCUT2D eigenvalue weighted by molar-refractivity contribution is 9.10. The average Bonchev–Trinajstić information content (AvgIpc) is 2.99. The van der Waals surface area contributed by atoms with Gasteiger partial charge in [0.1, 0.15) is 16.7 Å². The van der Waals surface area contributed by atoms with E-state index in [9.17, 15) is 13.2 Å². The van der Waals surface area contributed by atoms with Crippen molar-refractivity contribution < 1.29 is 17.6 Å². The van der Waals surface area contributed by atoms with Gasteiger partial charge < -0.3 is 4.98 Å². The van der Waals surface area contributed by atoms with E-state index in [1.54, 1.807) is 19.2 Å². The molecule has 0 fully saturated rings. The van der Waals surface area contributed by atoms with E-state index in [4.69, 9.17) is 16.7 Å². The van der Waals surface area contributed by atoms with Crippen LogP contribution in [0.2, 0.25) is 5.02 Å². The Kier molecular flexibility index (Phi) is 5.40. The number of ketones is 1. The van der Waals surface area contributed by atoms with Crippen molar-refractivity contribution in [1.82, 2.24) is 9.97 Å². The van der Waals surface area contributed by atoms with Gasteiger partial charge in [-0.25, -0.2) is 22.9 Å². The summed E-state index contributed by atoms with van der Waals surface area (Å²) >= 11 is 9.36. The zero-order valence-electron chi connectivity index (χ0n) is 14.0. The number of rotatable bonds is 5. The first-order chi connectivity index (χ1) is 12.6. The predicted molar refractivity (Wildman–Crippen MR) is 105 cm³/mol. The number of fused-ring (bicyclic) bond motifs is 1. The van der Waals surface area contributed by atoms with Crippen LogP contribution in [-0.4, -0.2) is 24.2 Å². The van der Waals surface area contributed by atoms with Gasteiger partial charge in [-0.05, 0) is 34.5 Å². The van der Waals surface area contributed by atoms with Gasteiger partial charge in [0.2, 0.25) is 10.0 Å². The summed E-state index contributed by atoms with van der Waals surface area (Å²) < 4.78 is 39.4. The summed E-state index contributed by atoms with van der Waals surface area (Å²) in [5.74, 6) is -1.68. The van der Waals surface area contributed by atoms with E-state index in [1.807, 2.05) is 0 Å². The molecule has 0 spiro atoms. The molecule has 1 aromatic carbocycles. The molecular weight excluding hydrogens is 461 g/mol. The van der Waals surface area contributed by atoms with Crippen molar-refractivity contribution in [2.45, 2.75) is 18.6 Å². The van der Waals surface area contributed by atoms with Gasteiger partial charge in [0.05, 0.1) is 10.6 Å². The quantitative estimate of drug-likeness (QED) is 0.543. The molecule has 2 aromatic heterocycles. The Bertz CT molecular complexity index is 1160. The minimum absolute atomic E-state index is 0.0506. The molecule has 142 valence electrons. The highest BCUT2D eigenvalue weighted by Gasteiger charge is 2.30. The zero-order valence-corrected chi connectivity index (χ0v) is 17.1. The fraction of sp³-hybridized carbons (Fsp3) is 0.176. The van der Waals surface area contributed by atoms with Gasteiger partial charge in [-0.1, -0.05) is 24.6 Å². The molecule has 0 radical (unpaired) electrons. The zero-order chi connectivity index (χ0) is 19.9. The summed E-state index contributed by atoms with van der Waals surface area (Å²) in [6.45, 7) is 1.56. The summed E-state index contributed by atoms with van der Waals surface area (Å²) in [5, 5.41) is 4.29. The minimum Gasteiger partial charge on any atom is -0.345 e. The molecule has 1 atom stereocenters. The Morgan fingerprint density at radius 3 is 2.78 bits per heavy atom. The summed E-state index contributed by atoms with van der Waals surface area (Å²) in [6, 6.07) is 4.20. The van der Waals surface area contributed by atoms with E-state index in [1.165, 1.54) is 18.3 Å². The van der Waals surface area contributed by atoms with Crippen molar-refractivity contribution in [3.63, 3.8) is 0 Å². The number of hydrogen-bond acceptors (Lipinski definition) is 4. The molecule has 0 saturated heterocycles. The number of halogens is 3. The summed E-state index contributed by atoms with van der Waals surface area (Å²) in [6.07, 6.45) is 3.01. The Morgan fingerprint density at radius 1 is 1.44 bits per heavy atom. The third-order valence-corrected chi connectivity index (χ3v) is 6.33. The number of nitrogens with one attached hydrogen (secondary N) is 1. The van der Waals surface area contributed by atoms with Crippen LogP contribution in [0.3, 0.4) is 0 Å². The monoisotopic (exact) mass is 473 g/mol. The molecular formula is C17H14BrClFN3O3S. The van der Waals surface area contributed by atoms with Crippen molar-refractivity contribution in [3.05, 3.63) is 62.6 Å². The fourth-order valence-electron chi connectivity index (χ4n) is 2.96. The van der Waals surface area contributed by atoms with Gasteiger partial charge in [0.25, 0.3) is 0 Å². The maximum atomic E-state index is 15.2. The molecule has 3 aromatic rings. The number of primary sulfonamides is 1. The predicted octanol–water partition coefficient (Wildman–Crippen LogP) is 4.09. The molecule has 0 aliphatic heterocycles. The third kappa shape index (κ3) is 3.64. The van der Waals surface area contributed by atoms with Gasteiger partial charge in [-0.3, -0.25) is 4.79 Å². The van der Waals surface area contributed by atoms with E-state index in [2.05, 4.69) is 25.9 Å². The van der Waals surface area contributed by atoms with Crippen molar-refractivity contribution in [2.75, 3.05) is 0 Å². The van der Waals surface area contributed by atoms with E-state index in [0.29, 0.717) is 15.5 Å². The van der Waals surface area contributed by atoms with Crippen LogP contribution in [0.15, 0.2) is 35.1 Å². The number of benzene rings is 1. The first kappa shape index (κ1) is 19.9. The Hall–Kier alpha value is -1.81. The summed E-state index contributed by atoms with van der Waals surface area (Å²) in [5.41, 5.74) is 0.0228. The van der Waals surface area contributed by atoms with Crippen LogP contribution in [0.25, 0.3) is 11.0 Å². The number of sulfonamides is 1. The summed E-state index contributed by atoms with van der Waals surface area (Å²) in [4.78, 5) is 20.0. The second kappa shape index (κ2) is 7.31. The number of aromatic nitrogens is 2. The summed E-state index contributed by atoms with van der Waals surface area (Å²) in [7, 11) is -4.06. The lowest BCUT2D eigenvalue weighted by atomic mass is 9.98. The molecule has 10 heteroatoms. The topological polar surface area (TPSA) is 106 Å². The first-order valence-electron chi connectivity index (χ1n) is 7.82. The maximum Gasteiger partial charge on any atom is 0.216 e. The number of carbonyl (C=O) groups is 1. The molecule has 27 heavy (non-hydrogen) atoms. The number of hydrogen-bond donors (Lipinski definition) is 2. The second-order valence-corrected chi connectivity index (χ2v) is 8.96. The molecule has 0 bridgehead atoms. The molecule has 2 heterocycles. The number of nitrogens with zero attached hydrogens (tertiary/aromatic N) is 1. The van der Waals surface area contributed by atoms with Gasteiger partial charge in [0.15, 0.2) is 5.78 Å². The fourth-order valence-corrected chi connectivity index (χ4v) is 4.52. The van der Waals surface area contributed by atoms with Gasteiger partial charge in [0, 0.05) is 33.4 Å². The Morgan fingerprint density at radius 2 is 2.15 bits per heavy atom. The lowest BCUT2D eigenvalue weighted by Gasteiger charge is -2.16. The van der Waals surface area contributed by atoms with Gasteiger partial charge in [-0.2, -0.15) is 0 Å². The minimum atomic E-state index is -4.06.